The van der Waals surface area contributed by atoms with Crippen molar-refractivity contribution in [3.8, 4) is 6.07 Å². The van der Waals surface area contributed by atoms with Crippen molar-refractivity contribution in [1.29, 1.82) is 5.26 Å². The zero-order chi connectivity index (χ0) is 12.8. The molecule has 1 aliphatic rings. The molecule has 0 radical (unpaired) electrons. The van der Waals surface area contributed by atoms with Crippen molar-refractivity contribution in [2.75, 3.05) is 23.4 Å². The highest BCUT2D eigenvalue weighted by Crippen LogP contribution is 2.13. The summed E-state index contributed by atoms with van der Waals surface area (Å²) in [7, 11) is 0. The van der Waals surface area contributed by atoms with Crippen LogP contribution >= 0.6 is 11.8 Å². The fraction of sp³-hybridized carbons (Fsp3) is 0.385. The molecule has 0 saturated carbocycles. The van der Waals surface area contributed by atoms with Crippen LogP contribution in [0.15, 0.2) is 24.3 Å². The first-order valence-corrected chi connectivity index (χ1v) is 7.04. The number of carbonyl (C=O) groups excluding carboxylic acids is 1. The molecule has 5 heteroatoms. The van der Waals surface area contributed by atoms with Crippen LogP contribution in [0.3, 0.4) is 0 Å². The van der Waals surface area contributed by atoms with Gasteiger partial charge in [-0.3, -0.25) is 4.79 Å². The molecule has 1 aromatic carbocycles. The minimum atomic E-state index is -0.00918. The summed E-state index contributed by atoms with van der Waals surface area (Å²) in [5.74, 6) is 2.08. The second-order valence-electron chi connectivity index (χ2n) is 4.17. The van der Waals surface area contributed by atoms with Crippen LogP contribution in [-0.4, -0.2) is 30.0 Å². The van der Waals surface area contributed by atoms with Gasteiger partial charge in [-0.1, -0.05) is 6.07 Å². The van der Waals surface area contributed by atoms with Gasteiger partial charge in [0.2, 0.25) is 5.91 Å². The number of carbonyl (C=O) groups is 1. The Hall–Kier alpha value is -1.51. The van der Waals surface area contributed by atoms with E-state index < -0.39 is 0 Å². The van der Waals surface area contributed by atoms with Crippen LogP contribution in [0.4, 0.5) is 5.69 Å². The molecule has 4 nitrogen and oxygen atoms in total. The molecular weight excluding hydrogens is 246 g/mol. The van der Waals surface area contributed by atoms with Gasteiger partial charge in [0.15, 0.2) is 0 Å². The molecule has 0 spiro atoms. The summed E-state index contributed by atoms with van der Waals surface area (Å²) in [6.45, 7) is 0.965. The quantitative estimate of drug-likeness (QED) is 0.867. The zero-order valence-corrected chi connectivity index (χ0v) is 10.8. The van der Waals surface area contributed by atoms with E-state index in [0.29, 0.717) is 17.7 Å². The second kappa shape index (κ2) is 6.43. The van der Waals surface area contributed by atoms with E-state index >= 15 is 0 Å². The van der Waals surface area contributed by atoms with Gasteiger partial charge in [0, 0.05) is 36.2 Å². The molecule has 1 aromatic rings. The van der Waals surface area contributed by atoms with Crippen molar-refractivity contribution >= 4 is 23.4 Å². The van der Waals surface area contributed by atoms with Crippen molar-refractivity contribution in [1.82, 2.24) is 5.32 Å². The Labute approximate surface area is 111 Å². The molecule has 1 saturated heterocycles. The van der Waals surface area contributed by atoms with E-state index in [2.05, 4.69) is 16.7 Å². The molecule has 2 N–H and O–H groups in total. The number of hydrogen-bond donors (Lipinski definition) is 2. The molecule has 1 amide bonds. The van der Waals surface area contributed by atoms with Gasteiger partial charge >= 0.3 is 0 Å². The fourth-order valence-corrected chi connectivity index (χ4v) is 2.80. The largest absolute Gasteiger partial charge is 0.326 e. The summed E-state index contributed by atoms with van der Waals surface area (Å²) in [4.78, 5) is 11.8. The summed E-state index contributed by atoms with van der Waals surface area (Å²) >= 11 is 1.87. The SMILES string of the molecule is N#Cc1cccc(NC(=O)CC2CSCCN2)c1. The van der Waals surface area contributed by atoms with E-state index in [9.17, 15) is 4.79 Å². The Morgan fingerprint density at radius 1 is 1.61 bits per heavy atom. The first-order valence-electron chi connectivity index (χ1n) is 5.89. The van der Waals surface area contributed by atoms with Crippen molar-refractivity contribution in [2.45, 2.75) is 12.5 Å². The number of nitrogens with one attached hydrogen (secondary N) is 2. The van der Waals surface area contributed by atoms with E-state index in [4.69, 9.17) is 5.26 Å². The molecule has 0 aromatic heterocycles. The Morgan fingerprint density at radius 2 is 2.50 bits per heavy atom. The van der Waals surface area contributed by atoms with Gasteiger partial charge in [-0.15, -0.1) is 0 Å². The molecule has 1 aliphatic heterocycles. The number of nitriles is 1. The number of hydrogen-bond acceptors (Lipinski definition) is 4. The predicted molar refractivity (Wildman–Crippen MR) is 73.5 cm³/mol. The number of amides is 1. The van der Waals surface area contributed by atoms with Gasteiger partial charge in [0.1, 0.15) is 0 Å². The fourth-order valence-electron chi connectivity index (χ4n) is 1.85. The van der Waals surface area contributed by atoms with Crippen LogP contribution < -0.4 is 10.6 Å². The number of nitrogens with zero attached hydrogens (tertiary/aromatic N) is 1. The lowest BCUT2D eigenvalue weighted by molar-refractivity contribution is -0.116. The lowest BCUT2D eigenvalue weighted by Gasteiger charge is -2.22. The Morgan fingerprint density at radius 3 is 3.22 bits per heavy atom. The van der Waals surface area contributed by atoms with Gasteiger partial charge in [-0.25, -0.2) is 0 Å². The zero-order valence-electron chi connectivity index (χ0n) is 9.98. The van der Waals surface area contributed by atoms with E-state index in [1.165, 1.54) is 0 Å². The highest BCUT2D eigenvalue weighted by atomic mass is 32.2. The Balaban J connectivity index is 1.88. The average molecular weight is 261 g/mol. The monoisotopic (exact) mass is 261 g/mol. The van der Waals surface area contributed by atoms with Crippen LogP contribution in [0.2, 0.25) is 0 Å². The molecule has 0 aliphatic carbocycles. The van der Waals surface area contributed by atoms with E-state index in [0.717, 1.165) is 18.1 Å². The van der Waals surface area contributed by atoms with E-state index in [1.807, 2.05) is 11.8 Å². The second-order valence-corrected chi connectivity index (χ2v) is 5.32. The molecular formula is C13H15N3OS. The first kappa shape index (κ1) is 12.9. The molecule has 94 valence electrons. The van der Waals surface area contributed by atoms with Gasteiger partial charge in [-0.2, -0.15) is 17.0 Å². The third-order valence-electron chi connectivity index (χ3n) is 2.71. The third-order valence-corrected chi connectivity index (χ3v) is 3.84. The van der Waals surface area contributed by atoms with Gasteiger partial charge in [0.25, 0.3) is 0 Å². The highest BCUT2D eigenvalue weighted by Gasteiger charge is 2.16. The number of rotatable bonds is 3. The Kier molecular flexibility index (Phi) is 4.62. The molecule has 18 heavy (non-hydrogen) atoms. The summed E-state index contributed by atoms with van der Waals surface area (Å²) in [5, 5.41) is 14.9. The normalized spacial score (nSPS) is 18.9. The maximum Gasteiger partial charge on any atom is 0.225 e. The summed E-state index contributed by atoms with van der Waals surface area (Å²) in [6.07, 6.45) is 0.476. The summed E-state index contributed by atoms with van der Waals surface area (Å²) < 4.78 is 0. The van der Waals surface area contributed by atoms with Crippen molar-refractivity contribution in [2.24, 2.45) is 0 Å². The van der Waals surface area contributed by atoms with Gasteiger partial charge in [0.05, 0.1) is 11.6 Å². The molecule has 1 unspecified atom stereocenters. The summed E-state index contributed by atoms with van der Waals surface area (Å²) in [6, 6.07) is 9.27. The van der Waals surface area contributed by atoms with Crippen molar-refractivity contribution in [3.05, 3.63) is 29.8 Å². The van der Waals surface area contributed by atoms with Crippen molar-refractivity contribution in [3.63, 3.8) is 0 Å². The van der Waals surface area contributed by atoms with Crippen LogP contribution in [0, 0.1) is 11.3 Å². The van der Waals surface area contributed by atoms with Crippen LogP contribution in [0.5, 0.6) is 0 Å². The van der Waals surface area contributed by atoms with Crippen LogP contribution in [-0.2, 0) is 4.79 Å². The molecule has 1 atom stereocenters. The standard InChI is InChI=1S/C13H15N3OS/c14-8-10-2-1-3-11(6-10)16-13(17)7-12-9-18-5-4-15-12/h1-3,6,12,15H,4-5,7,9H2,(H,16,17). The third kappa shape index (κ3) is 3.76. The van der Waals surface area contributed by atoms with Crippen LogP contribution in [0.1, 0.15) is 12.0 Å². The molecule has 0 bridgehead atoms. The van der Waals surface area contributed by atoms with Crippen LogP contribution in [0.25, 0.3) is 0 Å². The minimum Gasteiger partial charge on any atom is -0.326 e. The molecule has 1 fully saturated rings. The summed E-state index contributed by atoms with van der Waals surface area (Å²) in [5.41, 5.74) is 1.24. The highest BCUT2D eigenvalue weighted by molar-refractivity contribution is 7.99. The lowest BCUT2D eigenvalue weighted by Crippen LogP contribution is -2.39. The number of benzene rings is 1. The minimum absolute atomic E-state index is 0.00918. The topological polar surface area (TPSA) is 64.9 Å². The maximum atomic E-state index is 11.8. The Bertz CT molecular complexity index is 464. The van der Waals surface area contributed by atoms with Gasteiger partial charge in [-0.05, 0) is 18.2 Å². The maximum absolute atomic E-state index is 11.8. The lowest BCUT2D eigenvalue weighted by atomic mass is 10.2. The average Bonchev–Trinajstić information content (AvgIpc) is 2.40. The van der Waals surface area contributed by atoms with Crippen molar-refractivity contribution < 1.29 is 4.79 Å². The smallest absolute Gasteiger partial charge is 0.225 e. The van der Waals surface area contributed by atoms with E-state index in [-0.39, 0.29) is 11.9 Å². The predicted octanol–water partition coefficient (Wildman–Crippen LogP) is 1.59. The molecule has 1 heterocycles. The molecule has 2 rings (SSSR count). The first-order chi connectivity index (χ1) is 8.78. The van der Waals surface area contributed by atoms with E-state index in [1.54, 1.807) is 24.3 Å². The number of thioether (sulfide) groups is 1. The number of anilines is 1. The van der Waals surface area contributed by atoms with Gasteiger partial charge < -0.3 is 10.6 Å².